The highest BCUT2D eigenvalue weighted by Gasteiger charge is 2.40. The van der Waals surface area contributed by atoms with E-state index in [2.05, 4.69) is 5.32 Å². The third-order valence-corrected chi connectivity index (χ3v) is 4.06. The van der Waals surface area contributed by atoms with Crippen molar-refractivity contribution in [2.24, 2.45) is 10.9 Å². The van der Waals surface area contributed by atoms with Crippen LogP contribution >= 0.6 is 11.8 Å². The minimum absolute atomic E-state index is 0.700. The van der Waals surface area contributed by atoms with Gasteiger partial charge >= 0.3 is 0 Å². The van der Waals surface area contributed by atoms with Crippen LogP contribution in [0.15, 0.2) is 11.1 Å². The molecule has 0 aromatic carbocycles. The molecular weight excluding hydrogens is 186 g/mol. The van der Waals surface area contributed by atoms with Gasteiger partial charge in [-0.1, -0.05) is 11.8 Å². The molecule has 0 aromatic rings. The molecular formula is C4H9N3O2S2. The van der Waals surface area contributed by atoms with Crippen LogP contribution in [0.25, 0.3) is 0 Å². The molecule has 0 fully saturated rings. The first-order valence-corrected chi connectivity index (χ1v) is 5.22. The molecule has 1 unspecified atom stereocenters. The molecule has 1 aliphatic rings. The summed E-state index contributed by atoms with van der Waals surface area (Å²) in [5, 5.41) is 9.04. The predicted octanol–water partition coefficient (Wildman–Crippen LogP) is -0.957. The first kappa shape index (κ1) is 8.85. The minimum atomic E-state index is -3.76. The van der Waals surface area contributed by atoms with Crippen molar-refractivity contribution in [2.75, 3.05) is 0 Å². The van der Waals surface area contributed by atoms with Gasteiger partial charge in [-0.3, -0.25) is 5.73 Å². The molecule has 0 spiro atoms. The van der Waals surface area contributed by atoms with E-state index >= 15 is 0 Å². The number of nitrogens with two attached hydrogens (primary N) is 2. The second-order valence-electron chi connectivity index (χ2n) is 2.26. The Hall–Kier alpha value is -0.240. The maximum Gasteiger partial charge on any atom is 0.257 e. The summed E-state index contributed by atoms with van der Waals surface area (Å²) in [4.78, 5) is 0. The zero-order valence-electron chi connectivity index (χ0n) is 5.87. The molecule has 5 N–H and O–H groups in total. The van der Waals surface area contributed by atoms with E-state index in [0.29, 0.717) is 5.70 Å². The second-order valence-corrected chi connectivity index (χ2v) is 5.36. The van der Waals surface area contributed by atoms with E-state index in [-0.39, 0.29) is 0 Å². The summed E-state index contributed by atoms with van der Waals surface area (Å²) in [5.74, 6) is 0. The van der Waals surface area contributed by atoms with E-state index in [4.69, 9.17) is 10.9 Å². The monoisotopic (exact) mass is 195 g/mol. The fraction of sp³-hybridized carbons (Fsp3) is 0.500. The van der Waals surface area contributed by atoms with Gasteiger partial charge in [0.05, 0.1) is 0 Å². The van der Waals surface area contributed by atoms with Gasteiger partial charge in [0.25, 0.3) is 14.4 Å². The van der Waals surface area contributed by atoms with Crippen molar-refractivity contribution < 1.29 is 8.42 Å². The first-order valence-electron chi connectivity index (χ1n) is 2.79. The van der Waals surface area contributed by atoms with Crippen LogP contribution in [-0.2, 0) is 10.0 Å². The van der Waals surface area contributed by atoms with Crippen LogP contribution in [0.4, 0.5) is 0 Å². The molecule has 0 saturated carbocycles. The fourth-order valence-electron chi connectivity index (χ4n) is 0.648. The number of nitrogens with one attached hydrogen (secondary N) is 1. The Morgan fingerprint density at radius 1 is 1.73 bits per heavy atom. The lowest BCUT2D eigenvalue weighted by Crippen LogP contribution is -2.56. The lowest BCUT2D eigenvalue weighted by molar-refractivity contribution is 0.560. The Morgan fingerprint density at radius 2 is 2.27 bits per heavy atom. The van der Waals surface area contributed by atoms with E-state index in [1.807, 2.05) is 0 Å². The summed E-state index contributed by atoms with van der Waals surface area (Å²) >= 11 is 0.951. The standard InChI is InChI=1S/C4H9N3O2S2/c1-3-2-10-4(5,7-3)11(6,8)9/h2,7H,5H2,1H3,(H2,6,8,9). The molecule has 64 valence electrons. The number of primary sulfonamides is 1. The smallest absolute Gasteiger partial charge is 0.257 e. The molecule has 0 saturated heterocycles. The van der Waals surface area contributed by atoms with Gasteiger partial charge in [0, 0.05) is 5.70 Å². The van der Waals surface area contributed by atoms with Crippen molar-refractivity contribution in [2.45, 2.75) is 11.3 Å². The molecule has 0 aromatic heterocycles. The summed E-state index contributed by atoms with van der Waals surface area (Å²) in [6.07, 6.45) is 0. The quantitative estimate of drug-likeness (QED) is 0.500. The Labute approximate surface area is 69.3 Å². The molecule has 1 rings (SSSR count). The summed E-state index contributed by atoms with van der Waals surface area (Å²) in [5.41, 5.74) is 6.11. The van der Waals surface area contributed by atoms with Crippen LogP contribution < -0.4 is 16.2 Å². The lowest BCUT2D eigenvalue weighted by atomic mass is 10.6. The fourth-order valence-corrected chi connectivity index (χ4v) is 2.26. The van der Waals surface area contributed by atoms with Crippen molar-refractivity contribution in [1.82, 2.24) is 5.32 Å². The van der Waals surface area contributed by atoms with Crippen molar-refractivity contribution in [3.8, 4) is 0 Å². The van der Waals surface area contributed by atoms with Gasteiger partial charge in [-0.15, -0.1) is 0 Å². The summed E-state index contributed by atoms with van der Waals surface area (Å²) in [6, 6.07) is 0. The van der Waals surface area contributed by atoms with Gasteiger partial charge in [-0.25, -0.2) is 13.6 Å². The average Bonchev–Trinajstić information content (AvgIpc) is 2.10. The van der Waals surface area contributed by atoms with Crippen molar-refractivity contribution in [3.63, 3.8) is 0 Å². The average molecular weight is 195 g/mol. The topological polar surface area (TPSA) is 98.2 Å². The molecule has 0 radical (unpaired) electrons. The Bertz CT molecular complexity index is 296. The predicted molar refractivity (Wildman–Crippen MR) is 44.5 cm³/mol. The molecule has 1 atom stereocenters. The Kier molecular flexibility index (Phi) is 1.91. The molecule has 11 heavy (non-hydrogen) atoms. The van der Waals surface area contributed by atoms with Gasteiger partial charge in [-0.2, -0.15) is 0 Å². The van der Waals surface area contributed by atoms with Crippen LogP contribution in [0.2, 0.25) is 0 Å². The largest absolute Gasteiger partial charge is 0.348 e. The van der Waals surface area contributed by atoms with E-state index < -0.39 is 14.4 Å². The number of sulfonamides is 1. The Morgan fingerprint density at radius 3 is 2.45 bits per heavy atom. The molecule has 1 heterocycles. The van der Waals surface area contributed by atoms with Crippen molar-refractivity contribution in [1.29, 1.82) is 0 Å². The number of hydrogen-bond donors (Lipinski definition) is 3. The molecule has 0 bridgehead atoms. The van der Waals surface area contributed by atoms with Crippen LogP contribution in [-0.4, -0.2) is 12.7 Å². The molecule has 1 aliphatic heterocycles. The van der Waals surface area contributed by atoms with E-state index in [0.717, 1.165) is 11.8 Å². The maximum absolute atomic E-state index is 10.8. The SMILES string of the molecule is CC1=CSC(N)(S(N)(=O)=O)N1. The third kappa shape index (κ3) is 1.51. The van der Waals surface area contributed by atoms with Crippen LogP contribution in [0, 0.1) is 0 Å². The highest BCUT2D eigenvalue weighted by molar-refractivity contribution is 8.15. The van der Waals surface area contributed by atoms with Crippen LogP contribution in [0.5, 0.6) is 0 Å². The van der Waals surface area contributed by atoms with Crippen LogP contribution in [0.3, 0.4) is 0 Å². The highest BCUT2D eigenvalue weighted by atomic mass is 32.3. The summed E-state index contributed by atoms with van der Waals surface area (Å²) < 4.78 is 20.1. The number of thioether (sulfide) groups is 1. The van der Waals surface area contributed by atoms with E-state index in [1.54, 1.807) is 12.3 Å². The third-order valence-electron chi connectivity index (χ3n) is 1.20. The van der Waals surface area contributed by atoms with Gasteiger partial charge < -0.3 is 5.32 Å². The highest BCUT2D eigenvalue weighted by Crippen LogP contribution is 2.29. The minimum Gasteiger partial charge on any atom is -0.348 e. The van der Waals surface area contributed by atoms with Crippen molar-refractivity contribution >= 4 is 21.8 Å². The van der Waals surface area contributed by atoms with E-state index in [1.165, 1.54) is 0 Å². The molecule has 5 nitrogen and oxygen atoms in total. The first-order chi connectivity index (χ1) is 4.85. The summed E-state index contributed by atoms with van der Waals surface area (Å²) in [6.45, 7) is 1.72. The maximum atomic E-state index is 10.8. The van der Waals surface area contributed by atoms with Gasteiger partial charge in [0.15, 0.2) is 0 Å². The van der Waals surface area contributed by atoms with Crippen molar-refractivity contribution in [3.05, 3.63) is 11.1 Å². The second kappa shape index (κ2) is 2.37. The lowest BCUT2D eigenvalue weighted by Gasteiger charge is -2.21. The van der Waals surface area contributed by atoms with Crippen LogP contribution in [0.1, 0.15) is 6.92 Å². The number of hydrogen-bond acceptors (Lipinski definition) is 5. The number of rotatable bonds is 1. The zero-order chi connectivity index (χ0) is 8.70. The van der Waals surface area contributed by atoms with E-state index in [9.17, 15) is 8.42 Å². The Balaban J connectivity index is 2.92. The van der Waals surface area contributed by atoms with Gasteiger partial charge in [-0.05, 0) is 12.3 Å². The molecule has 7 heteroatoms. The van der Waals surface area contributed by atoms with Gasteiger partial charge in [0.1, 0.15) is 0 Å². The number of allylic oxidation sites excluding steroid dienone is 1. The molecule has 0 amide bonds. The normalized spacial score (nSPS) is 31.4. The van der Waals surface area contributed by atoms with Gasteiger partial charge in [0.2, 0.25) is 0 Å². The summed E-state index contributed by atoms with van der Waals surface area (Å²) in [7, 11) is -3.76. The molecule has 0 aliphatic carbocycles. The zero-order valence-corrected chi connectivity index (χ0v) is 7.50.